The normalized spacial score (nSPS) is 28.3. The van der Waals surface area contributed by atoms with Crippen molar-refractivity contribution in [2.24, 2.45) is 11.8 Å². The van der Waals surface area contributed by atoms with Crippen LogP contribution in [0.3, 0.4) is 0 Å². The predicted octanol–water partition coefficient (Wildman–Crippen LogP) is 1.87. The number of likely N-dealkylation sites (tertiary alicyclic amines) is 1. The van der Waals surface area contributed by atoms with Crippen LogP contribution in [0, 0.1) is 18.8 Å². The first kappa shape index (κ1) is 20.2. The molecule has 4 atom stereocenters. The molecule has 1 aliphatic heterocycles. The van der Waals surface area contributed by atoms with Gasteiger partial charge >= 0.3 is 0 Å². The van der Waals surface area contributed by atoms with Gasteiger partial charge in [-0.05, 0) is 44.3 Å². The number of aryl methyl sites for hydroxylation is 1. The average molecular weight is 369 g/mol. The zero-order valence-electron chi connectivity index (χ0n) is 15.7. The lowest BCUT2D eigenvalue weighted by atomic mass is 9.69. The Morgan fingerprint density at radius 3 is 2.36 bits per heavy atom. The molecule has 1 amide bonds. The van der Waals surface area contributed by atoms with Crippen molar-refractivity contribution in [3.63, 3.8) is 0 Å². The van der Waals surface area contributed by atoms with Crippen molar-refractivity contribution in [3.05, 3.63) is 34.3 Å². The van der Waals surface area contributed by atoms with Gasteiger partial charge in [0.15, 0.2) is 0 Å². The molecule has 0 aromatic heterocycles. The van der Waals surface area contributed by atoms with Crippen LogP contribution in [-0.2, 0) is 10.4 Å². The van der Waals surface area contributed by atoms with Crippen molar-refractivity contribution >= 4 is 17.5 Å². The first-order valence-corrected chi connectivity index (χ1v) is 9.05. The monoisotopic (exact) mass is 368 g/mol. The van der Waals surface area contributed by atoms with Gasteiger partial charge in [-0.15, -0.1) is 0 Å². The van der Waals surface area contributed by atoms with Gasteiger partial charge in [0.1, 0.15) is 6.04 Å². The Labute approximate surface area is 155 Å². The van der Waals surface area contributed by atoms with Crippen molar-refractivity contribution in [2.75, 3.05) is 33.8 Å². The summed E-state index contributed by atoms with van der Waals surface area (Å²) >= 11 is 6.06. The highest BCUT2D eigenvalue weighted by molar-refractivity contribution is 6.30. The molecule has 1 aromatic rings. The van der Waals surface area contributed by atoms with Crippen LogP contribution in [0.2, 0.25) is 5.02 Å². The number of hydrogen-bond donors (Lipinski definition) is 2. The number of aliphatic hydroxyl groups excluding tert-OH is 1. The van der Waals surface area contributed by atoms with E-state index in [2.05, 4.69) is 0 Å². The van der Waals surface area contributed by atoms with Gasteiger partial charge in [0.05, 0.1) is 12.2 Å². The maximum absolute atomic E-state index is 12.7. The van der Waals surface area contributed by atoms with Crippen molar-refractivity contribution < 1.29 is 15.0 Å². The Hall–Kier alpha value is -1.14. The van der Waals surface area contributed by atoms with Gasteiger partial charge in [-0.3, -0.25) is 9.69 Å². The fourth-order valence-corrected chi connectivity index (χ4v) is 4.19. The third-order valence-corrected chi connectivity index (χ3v) is 5.74. The summed E-state index contributed by atoms with van der Waals surface area (Å²) in [5.74, 6) is -0.371. The second kappa shape index (κ2) is 7.62. The molecule has 1 aliphatic rings. The van der Waals surface area contributed by atoms with E-state index in [-0.39, 0.29) is 24.3 Å². The lowest BCUT2D eigenvalue weighted by Gasteiger charge is -2.49. The number of halogens is 1. The minimum atomic E-state index is -1.02. The van der Waals surface area contributed by atoms with Gasteiger partial charge in [-0.1, -0.05) is 31.5 Å². The first-order chi connectivity index (χ1) is 11.6. The molecule has 5 nitrogen and oxygen atoms in total. The number of carbonyl (C=O) groups excluding carboxylic acids is 1. The fraction of sp³-hybridized carbons (Fsp3) is 0.632. The van der Waals surface area contributed by atoms with E-state index in [0.29, 0.717) is 18.1 Å². The van der Waals surface area contributed by atoms with Gasteiger partial charge in [-0.2, -0.15) is 0 Å². The number of carbonyl (C=O) groups is 1. The van der Waals surface area contributed by atoms with Crippen LogP contribution >= 0.6 is 11.6 Å². The molecular formula is C19H29ClN2O3. The van der Waals surface area contributed by atoms with E-state index in [1.807, 2.05) is 32.9 Å². The smallest absolute Gasteiger partial charge is 0.242 e. The number of likely N-dealkylation sites (N-methyl/N-ethyl adjacent to an activating group) is 1. The number of hydrogen-bond acceptors (Lipinski definition) is 4. The molecule has 2 N–H and O–H groups in total. The summed E-state index contributed by atoms with van der Waals surface area (Å²) < 4.78 is 0. The molecule has 1 saturated heterocycles. The number of benzene rings is 1. The molecular weight excluding hydrogens is 340 g/mol. The Balaban J connectivity index is 2.29. The SMILES string of the molecule is Cc1cc(Cl)ccc1C1(O)[C@H](C)CN(C(=O)[C@@H](CO)N(C)C)C[C@@H]1C. The number of piperidine rings is 1. The summed E-state index contributed by atoms with van der Waals surface area (Å²) in [4.78, 5) is 16.2. The average Bonchev–Trinajstić information content (AvgIpc) is 2.52. The molecule has 0 saturated carbocycles. The largest absolute Gasteiger partial charge is 0.394 e. The Bertz CT molecular complexity index is 623. The predicted molar refractivity (Wildman–Crippen MR) is 99.6 cm³/mol. The summed E-state index contributed by atoms with van der Waals surface area (Å²) in [5, 5.41) is 21.7. The van der Waals surface area contributed by atoms with E-state index < -0.39 is 11.6 Å². The molecule has 1 fully saturated rings. The van der Waals surface area contributed by atoms with E-state index in [0.717, 1.165) is 11.1 Å². The molecule has 1 aromatic carbocycles. The fourth-order valence-electron chi connectivity index (χ4n) is 3.96. The summed E-state index contributed by atoms with van der Waals surface area (Å²) in [7, 11) is 3.56. The number of nitrogens with zero attached hydrogens (tertiary/aromatic N) is 2. The highest BCUT2D eigenvalue weighted by Gasteiger charge is 2.48. The summed E-state index contributed by atoms with van der Waals surface area (Å²) in [6.45, 7) is 6.56. The molecule has 2 rings (SSSR count). The lowest BCUT2D eigenvalue weighted by molar-refractivity contribution is -0.154. The topological polar surface area (TPSA) is 64.0 Å². The van der Waals surface area contributed by atoms with Gasteiger partial charge in [-0.25, -0.2) is 0 Å². The van der Waals surface area contributed by atoms with Gasteiger partial charge in [0, 0.05) is 29.9 Å². The second-order valence-corrected chi connectivity index (χ2v) is 7.93. The van der Waals surface area contributed by atoms with Crippen LogP contribution in [0.1, 0.15) is 25.0 Å². The van der Waals surface area contributed by atoms with Gasteiger partial charge in [0.2, 0.25) is 5.91 Å². The quantitative estimate of drug-likeness (QED) is 0.851. The lowest BCUT2D eigenvalue weighted by Crippen LogP contribution is -2.59. The van der Waals surface area contributed by atoms with Crippen LogP contribution in [-0.4, -0.2) is 65.8 Å². The zero-order chi connectivity index (χ0) is 18.9. The molecule has 25 heavy (non-hydrogen) atoms. The first-order valence-electron chi connectivity index (χ1n) is 8.68. The van der Waals surface area contributed by atoms with Crippen LogP contribution in [0.5, 0.6) is 0 Å². The van der Waals surface area contributed by atoms with Crippen molar-refractivity contribution in [1.29, 1.82) is 0 Å². The van der Waals surface area contributed by atoms with Gasteiger partial charge in [0.25, 0.3) is 0 Å². The number of aliphatic hydroxyl groups is 2. The Morgan fingerprint density at radius 1 is 1.36 bits per heavy atom. The molecule has 1 heterocycles. The maximum atomic E-state index is 12.7. The molecule has 0 bridgehead atoms. The maximum Gasteiger partial charge on any atom is 0.242 e. The third-order valence-electron chi connectivity index (χ3n) is 5.50. The Morgan fingerprint density at radius 2 is 1.92 bits per heavy atom. The summed E-state index contributed by atoms with van der Waals surface area (Å²) in [6.07, 6.45) is 0. The molecule has 0 aliphatic carbocycles. The Kier molecular flexibility index (Phi) is 6.15. The van der Waals surface area contributed by atoms with Crippen molar-refractivity contribution in [1.82, 2.24) is 9.80 Å². The van der Waals surface area contributed by atoms with E-state index in [1.54, 1.807) is 30.0 Å². The third kappa shape index (κ3) is 3.70. The molecule has 140 valence electrons. The second-order valence-electron chi connectivity index (χ2n) is 7.49. The van der Waals surface area contributed by atoms with E-state index in [4.69, 9.17) is 11.6 Å². The van der Waals surface area contributed by atoms with Crippen molar-refractivity contribution in [2.45, 2.75) is 32.4 Å². The highest BCUT2D eigenvalue weighted by Crippen LogP contribution is 2.43. The summed E-state index contributed by atoms with van der Waals surface area (Å²) in [6, 6.07) is 4.99. The molecule has 1 unspecified atom stereocenters. The van der Waals surface area contributed by atoms with E-state index >= 15 is 0 Å². The molecule has 6 heteroatoms. The van der Waals surface area contributed by atoms with Crippen LogP contribution in [0.15, 0.2) is 18.2 Å². The van der Waals surface area contributed by atoms with Gasteiger partial charge < -0.3 is 15.1 Å². The minimum absolute atomic E-state index is 0.0962. The highest BCUT2D eigenvalue weighted by atomic mass is 35.5. The number of amides is 1. The van der Waals surface area contributed by atoms with Crippen LogP contribution < -0.4 is 0 Å². The number of rotatable bonds is 4. The molecule has 0 radical (unpaired) electrons. The standard InChI is InChI=1S/C19H29ClN2O3/c1-12-8-15(20)6-7-16(12)19(25)13(2)9-22(10-14(19)3)18(24)17(11-23)21(4)5/h6-8,13-14,17,23,25H,9-11H2,1-5H3/t13-,14+,17-,19?/m1/s1. The van der Waals surface area contributed by atoms with Crippen LogP contribution in [0.25, 0.3) is 0 Å². The molecule has 0 spiro atoms. The zero-order valence-corrected chi connectivity index (χ0v) is 16.4. The van der Waals surface area contributed by atoms with Crippen LogP contribution in [0.4, 0.5) is 0 Å². The minimum Gasteiger partial charge on any atom is -0.394 e. The summed E-state index contributed by atoms with van der Waals surface area (Å²) in [5.41, 5.74) is 0.809. The van der Waals surface area contributed by atoms with Crippen molar-refractivity contribution in [3.8, 4) is 0 Å². The van der Waals surface area contributed by atoms with E-state index in [1.165, 1.54) is 0 Å². The van der Waals surface area contributed by atoms with E-state index in [9.17, 15) is 15.0 Å².